The summed E-state index contributed by atoms with van der Waals surface area (Å²) in [7, 11) is 0. The molecule has 0 aliphatic heterocycles. The molecule has 10 heteroatoms. The molecule has 0 saturated heterocycles. The minimum Gasteiger partial charge on any atom is -0.463 e. The second kappa shape index (κ2) is 4.76. The Morgan fingerprint density at radius 3 is 3.00 bits per heavy atom. The van der Waals surface area contributed by atoms with Crippen LogP contribution < -0.4 is 16.7 Å². The van der Waals surface area contributed by atoms with Crippen LogP contribution in [0.2, 0.25) is 0 Å². The topological polar surface area (TPSA) is 142 Å². The van der Waals surface area contributed by atoms with Crippen LogP contribution in [0.15, 0.2) is 37.5 Å². The van der Waals surface area contributed by atoms with Gasteiger partial charge < -0.3 is 4.42 Å². The van der Waals surface area contributed by atoms with Gasteiger partial charge in [-0.1, -0.05) is 0 Å². The molecule has 20 heavy (non-hydrogen) atoms. The molecule has 100 valence electrons. The molecule has 3 aromatic rings. The lowest BCUT2D eigenvalue weighted by molar-refractivity contribution is 0.560. The zero-order valence-electron chi connectivity index (χ0n) is 9.82. The summed E-state index contributed by atoms with van der Waals surface area (Å²) in [5.74, 6) is 0.567. The second-order valence-electron chi connectivity index (χ2n) is 3.63. The molecule has 0 fully saturated rings. The second-order valence-corrected chi connectivity index (χ2v) is 3.63. The Bertz CT molecular complexity index is 878. The van der Waals surface area contributed by atoms with Crippen molar-refractivity contribution in [3.05, 3.63) is 45.0 Å². The van der Waals surface area contributed by atoms with Gasteiger partial charge >= 0.3 is 5.69 Å². The maximum absolute atomic E-state index is 11.4. The van der Waals surface area contributed by atoms with Gasteiger partial charge in [0, 0.05) is 0 Å². The minimum atomic E-state index is -0.673. The Labute approximate surface area is 109 Å². The molecule has 0 amide bonds. The lowest BCUT2D eigenvalue weighted by Gasteiger charge is -1.98. The van der Waals surface area contributed by atoms with Crippen LogP contribution in [0.1, 0.15) is 5.76 Å². The highest BCUT2D eigenvalue weighted by molar-refractivity contribution is 5.76. The predicted molar refractivity (Wildman–Crippen MR) is 68.5 cm³/mol. The zero-order chi connectivity index (χ0) is 13.9. The molecule has 0 spiro atoms. The number of aromatic nitrogens is 5. The van der Waals surface area contributed by atoms with Crippen molar-refractivity contribution in [2.45, 2.75) is 0 Å². The van der Waals surface area contributed by atoms with Crippen molar-refractivity contribution in [1.82, 2.24) is 25.1 Å². The first kappa shape index (κ1) is 11.8. The summed E-state index contributed by atoms with van der Waals surface area (Å²) in [6.45, 7) is 0. The third-order valence-corrected chi connectivity index (χ3v) is 2.26. The molecule has 3 N–H and O–H groups in total. The molecular formula is C10H7N7O3. The summed E-state index contributed by atoms with van der Waals surface area (Å²) in [6.07, 6.45) is 2.92. The monoisotopic (exact) mass is 273 g/mol. The van der Waals surface area contributed by atoms with Crippen molar-refractivity contribution in [3.8, 4) is 0 Å². The Kier molecular flexibility index (Phi) is 2.80. The van der Waals surface area contributed by atoms with E-state index in [9.17, 15) is 9.59 Å². The third kappa shape index (κ3) is 2.29. The van der Waals surface area contributed by atoms with Gasteiger partial charge in [-0.05, 0) is 12.1 Å². The van der Waals surface area contributed by atoms with E-state index in [0.29, 0.717) is 5.76 Å². The van der Waals surface area contributed by atoms with E-state index in [1.165, 1.54) is 12.5 Å². The van der Waals surface area contributed by atoms with E-state index in [-0.39, 0.29) is 17.1 Å². The fourth-order valence-electron chi connectivity index (χ4n) is 1.43. The van der Waals surface area contributed by atoms with Gasteiger partial charge in [0.2, 0.25) is 0 Å². The Morgan fingerprint density at radius 2 is 2.20 bits per heavy atom. The number of hydrogen-bond acceptors (Lipinski definition) is 8. The van der Waals surface area contributed by atoms with Crippen LogP contribution in [0.4, 0.5) is 5.95 Å². The minimum absolute atomic E-state index is 0.0180. The largest absolute Gasteiger partial charge is 0.463 e. The number of anilines is 1. The summed E-state index contributed by atoms with van der Waals surface area (Å²) in [5, 5.41) is 11.1. The molecule has 0 atom stereocenters. The molecule has 3 rings (SSSR count). The van der Waals surface area contributed by atoms with E-state index in [0.717, 1.165) is 0 Å². The average Bonchev–Trinajstić information content (AvgIpc) is 2.91. The molecule has 10 nitrogen and oxygen atoms in total. The van der Waals surface area contributed by atoms with Crippen LogP contribution in [0.5, 0.6) is 0 Å². The van der Waals surface area contributed by atoms with Gasteiger partial charge in [-0.25, -0.2) is 10.2 Å². The van der Waals surface area contributed by atoms with E-state index in [1.807, 2.05) is 4.98 Å². The number of nitrogens with one attached hydrogen (secondary N) is 3. The number of rotatable bonds is 3. The lowest BCUT2D eigenvalue weighted by Crippen LogP contribution is -2.23. The van der Waals surface area contributed by atoms with Crippen LogP contribution in [-0.2, 0) is 0 Å². The number of hydrogen-bond donors (Lipinski definition) is 3. The first-order valence-electron chi connectivity index (χ1n) is 5.42. The summed E-state index contributed by atoms with van der Waals surface area (Å²) >= 11 is 0. The first-order valence-corrected chi connectivity index (χ1v) is 5.42. The number of nitrogens with zero attached hydrogens (tertiary/aromatic N) is 4. The van der Waals surface area contributed by atoms with Crippen LogP contribution in [0.25, 0.3) is 11.2 Å². The third-order valence-electron chi connectivity index (χ3n) is 2.26. The molecule has 0 aromatic carbocycles. The Hall–Kier alpha value is -3.30. The van der Waals surface area contributed by atoms with Crippen LogP contribution in [0.3, 0.4) is 0 Å². The number of hydrazone groups is 1. The van der Waals surface area contributed by atoms with E-state index < -0.39 is 11.2 Å². The summed E-state index contributed by atoms with van der Waals surface area (Å²) in [6, 6.07) is 3.42. The maximum Gasteiger partial charge on any atom is 0.327 e. The molecule has 0 aliphatic carbocycles. The van der Waals surface area contributed by atoms with Crippen LogP contribution in [-0.4, -0.2) is 31.4 Å². The van der Waals surface area contributed by atoms with Gasteiger partial charge in [-0.2, -0.15) is 10.1 Å². The van der Waals surface area contributed by atoms with Gasteiger partial charge in [-0.15, -0.1) is 10.2 Å². The van der Waals surface area contributed by atoms with Gasteiger partial charge in [0.15, 0.2) is 11.2 Å². The van der Waals surface area contributed by atoms with E-state index in [1.54, 1.807) is 12.1 Å². The van der Waals surface area contributed by atoms with Crippen molar-refractivity contribution in [2.75, 3.05) is 5.43 Å². The fraction of sp³-hybridized carbons (Fsp3) is 0. The average molecular weight is 273 g/mol. The summed E-state index contributed by atoms with van der Waals surface area (Å²) in [5.41, 5.74) is 1.13. The van der Waals surface area contributed by atoms with Crippen LogP contribution >= 0.6 is 0 Å². The van der Waals surface area contributed by atoms with Gasteiger partial charge in [-0.3, -0.25) is 14.8 Å². The fourth-order valence-corrected chi connectivity index (χ4v) is 1.43. The molecule has 0 aliphatic rings. The molecule has 0 radical (unpaired) electrons. The zero-order valence-corrected chi connectivity index (χ0v) is 9.82. The standard InChI is InChI=1S/C10H7N7O3/c18-8-6-7(13-10(19)14-8)12-9(17-15-6)16-11-4-5-2-1-3-20-5/h1-4H,(H3,12,13,14,16,17,18,19)/b11-4-. The number of aromatic amines is 2. The number of furan rings is 1. The predicted octanol–water partition coefficient (Wildman–Crippen LogP) is -0.560. The maximum atomic E-state index is 11.4. The highest BCUT2D eigenvalue weighted by atomic mass is 16.3. The van der Waals surface area contributed by atoms with Gasteiger partial charge in [0.1, 0.15) is 5.76 Å². The lowest BCUT2D eigenvalue weighted by atomic mass is 10.5. The molecule has 0 saturated carbocycles. The summed E-state index contributed by atoms with van der Waals surface area (Å²) < 4.78 is 5.03. The van der Waals surface area contributed by atoms with Gasteiger partial charge in [0.25, 0.3) is 11.5 Å². The van der Waals surface area contributed by atoms with E-state index in [4.69, 9.17) is 4.42 Å². The van der Waals surface area contributed by atoms with Crippen molar-refractivity contribution >= 4 is 23.3 Å². The quantitative estimate of drug-likeness (QED) is 0.428. The van der Waals surface area contributed by atoms with Crippen molar-refractivity contribution in [1.29, 1.82) is 0 Å². The van der Waals surface area contributed by atoms with Crippen molar-refractivity contribution < 1.29 is 4.42 Å². The Morgan fingerprint density at radius 1 is 1.30 bits per heavy atom. The molecule has 0 bridgehead atoms. The normalized spacial score (nSPS) is 11.2. The first-order chi connectivity index (χ1) is 9.72. The molecule has 3 aromatic heterocycles. The van der Waals surface area contributed by atoms with Crippen LogP contribution in [0, 0.1) is 0 Å². The smallest absolute Gasteiger partial charge is 0.327 e. The Balaban J connectivity index is 1.89. The van der Waals surface area contributed by atoms with E-state index in [2.05, 4.69) is 30.7 Å². The number of fused-ring (bicyclic) bond motifs is 1. The summed E-state index contributed by atoms with van der Waals surface area (Å²) in [4.78, 5) is 30.8. The molecular weight excluding hydrogens is 266 g/mol. The van der Waals surface area contributed by atoms with Crippen molar-refractivity contribution in [2.24, 2.45) is 5.10 Å². The molecule has 0 unspecified atom stereocenters. The highest BCUT2D eigenvalue weighted by Crippen LogP contribution is 2.01. The van der Waals surface area contributed by atoms with Gasteiger partial charge in [0.05, 0.1) is 12.5 Å². The number of H-pyrrole nitrogens is 2. The highest BCUT2D eigenvalue weighted by Gasteiger charge is 2.05. The molecule has 3 heterocycles. The van der Waals surface area contributed by atoms with Crippen molar-refractivity contribution in [3.63, 3.8) is 0 Å². The van der Waals surface area contributed by atoms with E-state index >= 15 is 0 Å². The SMILES string of the molecule is O=c1[nH]c(=O)c2nnc(N/N=C\c3ccco3)nc2[nH]1.